The lowest BCUT2D eigenvalue weighted by atomic mass is 10.2. The van der Waals surface area contributed by atoms with Crippen LogP contribution < -0.4 is 0 Å². The average molecular weight is 240 g/mol. The fourth-order valence-electron chi connectivity index (χ4n) is 0.976. The third-order valence-electron chi connectivity index (χ3n) is 1.57. The number of aromatic nitrogens is 1. The van der Waals surface area contributed by atoms with Gasteiger partial charge in [-0.25, -0.2) is 4.98 Å². The topological polar surface area (TPSA) is 12.9 Å². The smallest absolute Gasteiger partial charge is 0.0811 e. The lowest BCUT2D eigenvalue weighted by Gasteiger charge is -1.95. The Balaban J connectivity index is 2.43. The summed E-state index contributed by atoms with van der Waals surface area (Å²) in [5.74, 6) is 0. The van der Waals surface area contributed by atoms with Crippen molar-refractivity contribution in [2.75, 3.05) is 0 Å². The van der Waals surface area contributed by atoms with Gasteiger partial charge in [-0.15, -0.1) is 11.3 Å². The second-order valence-corrected chi connectivity index (χ2v) is 4.01. The molecule has 0 N–H and O–H groups in total. The van der Waals surface area contributed by atoms with E-state index in [1.807, 2.05) is 23.0 Å². The third-order valence-corrected chi connectivity index (χ3v) is 2.69. The number of benzene rings is 1. The van der Waals surface area contributed by atoms with Gasteiger partial charge in [-0.2, -0.15) is 0 Å². The molecule has 0 aliphatic carbocycles. The van der Waals surface area contributed by atoms with Crippen molar-refractivity contribution in [3.8, 4) is 11.3 Å². The van der Waals surface area contributed by atoms with E-state index < -0.39 is 0 Å². The van der Waals surface area contributed by atoms with Crippen LogP contribution >= 0.6 is 27.3 Å². The van der Waals surface area contributed by atoms with E-state index in [9.17, 15) is 0 Å². The SMILES string of the molecule is Brc1ccc(-c2cscn2)cc1. The number of thiazole rings is 1. The molecule has 0 radical (unpaired) electrons. The molecule has 0 bridgehead atoms. The van der Waals surface area contributed by atoms with Crippen molar-refractivity contribution in [1.82, 2.24) is 4.98 Å². The van der Waals surface area contributed by atoms with Crippen LogP contribution in [-0.2, 0) is 0 Å². The first-order valence-corrected chi connectivity index (χ1v) is 5.24. The van der Waals surface area contributed by atoms with Crippen molar-refractivity contribution in [3.05, 3.63) is 39.6 Å². The summed E-state index contributed by atoms with van der Waals surface area (Å²) in [5, 5.41) is 2.04. The van der Waals surface area contributed by atoms with E-state index in [4.69, 9.17) is 0 Å². The number of nitrogens with zero attached hydrogens (tertiary/aromatic N) is 1. The van der Waals surface area contributed by atoms with E-state index in [-0.39, 0.29) is 0 Å². The predicted molar refractivity (Wildman–Crippen MR) is 55.3 cm³/mol. The van der Waals surface area contributed by atoms with Gasteiger partial charge in [0.2, 0.25) is 0 Å². The minimum atomic E-state index is 1.05. The van der Waals surface area contributed by atoms with E-state index >= 15 is 0 Å². The molecule has 1 nitrogen and oxygen atoms in total. The Morgan fingerprint density at radius 3 is 2.50 bits per heavy atom. The second kappa shape index (κ2) is 3.37. The van der Waals surface area contributed by atoms with Crippen LogP contribution in [-0.4, -0.2) is 4.98 Å². The van der Waals surface area contributed by atoms with Crippen molar-refractivity contribution in [2.45, 2.75) is 0 Å². The molecule has 1 heterocycles. The first-order chi connectivity index (χ1) is 5.86. The lowest BCUT2D eigenvalue weighted by Crippen LogP contribution is -1.74. The van der Waals surface area contributed by atoms with E-state index in [2.05, 4.69) is 33.0 Å². The van der Waals surface area contributed by atoms with Crippen LogP contribution in [0.3, 0.4) is 0 Å². The van der Waals surface area contributed by atoms with Gasteiger partial charge in [0, 0.05) is 15.4 Å². The highest BCUT2D eigenvalue weighted by molar-refractivity contribution is 9.10. The maximum absolute atomic E-state index is 4.22. The molecular weight excluding hydrogens is 234 g/mol. The van der Waals surface area contributed by atoms with Gasteiger partial charge in [-0.3, -0.25) is 0 Å². The Morgan fingerprint density at radius 2 is 1.92 bits per heavy atom. The van der Waals surface area contributed by atoms with Gasteiger partial charge in [0.25, 0.3) is 0 Å². The van der Waals surface area contributed by atoms with Gasteiger partial charge >= 0.3 is 0 Å². The van der Waals surface area contributed by atoms with Gasteiger partial charge in [0.1, 0.15) is 0 Å². The number of rotatable bonds is 1. The summed E-state index contributed by atoms with van der Waals surface area (Å²) in [6.07, 6.45) is 0. The molecular formula is C9H6BrNS. The van der Waals surface area contributed by atoms with Crippen molar-refractivity contribution in [3.63, 3.8) is 0 Å². The van der Waals surface area contributed by atoms with Crippen molar-refractivity contribution in [2.24, 2.45) is 0 Å². The summed E-state index contributed by atoms with van der Waals surface area (Å²) in [6, 6.07) is 8.15. The molecule has 0 saturated carbocycles. The van der Waals surface area contributed by atoms with Gasteiger partial charge in [-0.05, 0) is 12.1 Å². The molecule has 0 aliphatic heterocycles. The molecule has 12 heavy (non-hydrogen) atoms. The molecule has 2 aromatic rings. The highest BCUT2D eigenvalue weighted by Gasteiger charge is 1.97. The summed E-state index contributed by atoms with van der Waals surface area (Å²) in [7, 11) is 0. The number of hydrogen-bond donors (Lipinski definition) is 0. The van der Waals surface area contributed by atoms with Gasteiger partial charge < -0.3 is 0 Å². The summed E-state index contributed by atoms with van der Waals surface area (Å²) in [4.78, 5) is 4.22. The highest BCUT2D eigenvalue weighted by Crippen LogP contribution is 2.20. The summed E-state index contributed by atoms with van der Waals surface area (Å²) in [6.45, 7) is 0. The fraction of sp³-hybridized carbons (Fsp3) is 0. The van der Waals surface area contributed by atoms with Crippen molar-refractivity contribution >= 4 is 27.3 Å². The summed E-state index contributed by atoms with van der Waals surface area (Å²) in [5.41, 5.74) is 4.06. The standard InChI is InChI=1S/C9H6BrNS/c10-8-3-1-7(2-4-8)9-5-12-6-11-9/h1-6H. The minimum absolute atomic E-state index is 1.05. The Morgan fingerprint density at radius 1 is 1.17 bits per heavy atom. The zero-order valence-electron chi connectivity index (χ0n) is 6.20. The van der Waals surface area contributed by atoms with Crippen LogP contribution in [0.15, 0.2) is 39.6 Å². The van der Waals surface area contributed by atoms with E-state index in [0.717, 1.165) is 10.2 Å². The first kappa shape index (κ1) is 7.95. The number of hydrogen-bond acceptors (Lipinski definition) is 2. The van der Waals surface area contributed by atoms with Gasteiger partial charge in [-0.1, -0.05) is 28.1 Å². The Bertz CT molecular complexity index is 353. The summed E-state index contributed by atoms with van der Waals surface area (Å²) < 4.78 is 1.10. The molecule has 2 rings (SSSR count). The van der Waals surface area contributed by atoms with Crippen LogP contribution in [0.1, 0.15) is 0 Å². The van der Waals surface area contributed by atoms with Gasteiger partial charge in [0.15, 0.2) is 0 Å². The van der Waals surface area contributed by atoms with Crippen LogP contribution in [0.5, 0.6) is 0 Å². The Kier molecular flexibility index (Phi) is 2.23. The minimum Gasteiger partial charge on any atom is -0.245 e. The largest absolute Gasteiger partial charge is 0.245 e. The number of halogens is 1. The molecule has 0 fully saturated rings. The van der Waals surface area contributed by atoms with Crippen LogP contribution in [0, 0.1) is 0 Å². The van der Waals surface area contributed by atoms with E-state index in [0.29, 0.717) is 0 Å². The first-order valence-electron chi connectivity index (χ1n) is 3.50. The molecule has 0 unspecified atom stereocenters. The third kappa shape index (κ3) is 1.57. The molecule has 0 spiro atoms. The summed E-state index contributed by atoms with van der Waals surface area (Å²) >= 11 is 5.01. The quantitative estimate of drug-likeness (QED) is 0.742. The molecule has 0 amide bonds. The monoisotopic (exact) mass is 239 g/mol. The molecule has 0 aliphatic rings. The predicted octanol–water partition coefficient (Wildman–Crippen LogP) is 3.57. The van der Waals surface area contributed by atoms with Crippen molar-refractivity contribution < 1.29 is 0 Å². The van der Waals surface area contributed by atoms with Crippen molar-refractivity contribution in [1.29, 1.82) is 0 Å². The second-order valence-electron chi connectivity index (χ2n) is 2.38. The molecule has 3 heteroatoms. The van der Waals surface area contributed by atoms with Gasteiger partial charge in [0.05, 0.1) is 11.2 Å². The van der Waals surface area contributed by atoms with E-state index in [1.165, 1.54) is 5.56 Å². The molecule has 1 aromatic carbocycles. The highest BCUT2D eigenvalue weighted by atomic mass is 79.9. The van der Waals surface area contributed by atoms with Crippen LogP contribution in [0.25, 0.3) is 11.3 Å². The lowest BCUT2D eigenvalue weighted by molar-refractivity contribution is 1.41. The van der Waals surface area contributed by atoms with Crippen LogP contribution in [0.4, 0.5) is 0 Å². The van der Waals surface area contributed by atoms with Crippen LogP contribution in [0.2, 0.25) is 0 Å². The zero-order chi connectivity index (χ0) is 8.39. The fourth-order valence-corrected chi connectivity index (χ4v) is 1.80. The molecule has 0 saturated heterocycles. The average Bonchev–Trinajstić information content (AvgIpc) is 2.58. The maximum Gasteiger partial charge on any atom is 0.0811 e. The zero-order valence-corrected chi connectivity index (χ0v) is 8.60. The maximum atomic E-state index is 4.22. The molecule has 1 aromatic heterocycles. The Labute approximate surface area is 83.2 Å². The Hall–Kier alpha value is -0.670. The molecule has 0 atom stereocenters. The molecule has 60 valence electrons. The van der Waals surface area contributed by atoms with E-state index in [1.54, 1.807) is 11.3 Å². The normalized spacial score (nSPS) is 10.1.